The highest BCUT2D eigenvalue weighted by molar-refractivity contribution is 7.08. The number of nitrogens with zero attached hydrogens (tertiary/aromatic N) is 2. The van der Waals surface area contributed by atoms with Crippen LogP contribution >= 0.6 is 11.3 Å². The van der Waals surface area contributed by atoms with Gasteiger partial charge in [0, 0.05) is 35.7 Å². The van der Waals surface area contributed by atoms with Gasteiger partial charge in [-0.2, -0.15) is 16.3 Å². The van der Waals surface area contributed by atoms with Gasteiger partial charge in [0.05, 0.1) is 13.2 Å². The molecule has 30 heavy (non-hydrogen) atoms. The summed E-state index contributed by atoms with van der Waals surface area (Å²) < 4.78 is 17.1. The molecule has 7 nitrogen and oxygen atoms in total. The molecule has 1 saturated heterocycles. The third-order valence-corrected chi connectivity index (χ3v) is 6.89. The van der Waals surface area contributed by atoms with Gasteiger partial charge < -0.3 is 19.3 Å². The Balaban J connectivity index is 1.19. The van der Waals surface area contributed by atoms with Crippen molar-refractivity contribution in [3.05, 3.63) is 22.7 Å². The summed E-state index contributed by atoms with van der Waals surface area (Å²) in [6.07, 6.45) is 10.1. The number of thiophene rings is 1. The van der Waals surface area contributed by atoms with Gasteiger partial charge in [-0.1, -0.05) is 30.8 Å². The van der Waals surface area contributed by atoms with Gasteiger partial charge >= 0.3 is 0 Å². The Morgan fingerprint density at radius 2 is 2.00 bits per heavy atom. The zero-order chi connectivity index (χ0) is 20.7. The van der Waals surface area contributed by atoms with E-state index in [-0.39, 0.29) is 17.6 Å². The summed E-state index contributed by atoms with van der Waals surface area (Å²) in [6.45, 7) is 2.08. The van der Waals surface area contributed by atoms with Crippen molar-refractivity contribution in [2.45, 2.75) is 70.5 Å². The summed E-state index contributed by atoms with van der Waals surface area (Å²) in [7, 11) is 0. The summed E-state index contributed by atoms with van der Waals surface area (Å²) in [4.78, 5) is 16.6. The number of carbonyl (C=O) groups excluding carboxylic acids is 1. The Kier molecular flexibility index (Phi) is 7.52. The van der Waals surface area contributed by atoms with E-state index in [0.29, 0.717) is 44.3 Å². The molecule has 0 aromatic carbocycles. The number of amides is 1. The largest absolute Gasteiger partial charge is 0.356 e. The van der Waals surface area contributed by atoms with Crippen LogP contribution in [-0.2, 0) is 20.7 Å². The van der Waals surface area contributed by atoms with Gasteiger partial charge in [0.1, 0.15) is 0 Å². The molecule has 0 unspecified atom stereocenters. The lowest BCUT2D eigenvalue weighted by Crippen LogP contribution is -2.37. The summed E-state index contributed by atoms with van der Waals surface area (Å²) in [5, 5.41) is 11.0. The predicted molar refractivity (Wildman–Crippen MR) is 114 cm³/mol. The third-order valence-electron chi connectivity index (χ3n) is 6.21. The second kappa shape index (κ2) is 10.5. The predicted octanol–water partition coefficient (Wildman–Crippen LogP) is 4.34. The molecule has 1 amide bonds. The lowest BCUT2D eigenvalue weighted by atomic mass is 9.75. The monoisotopic (exact) mass is 433 g/mol. The minimum absolute atomic E-state index is 0.0218. The van der Waals surface area contributed by atoms with Crippen molar-refractivity contribution in [3.8, 4) is 11.4 Å². The van der Waals surface area contributed by atoms with Crippen LogP contribution in [0.2, 0.25) is 0 Å². The van der Waals surface area contributed by atoms with Gasteiger partial charge in [-0.15, -0.1) is 0 Å². The first-order valence-corrected chi connectivity index (χ1v) is 12.0. The first-order chi connectivity index (χ1) is 14.8. The maximum Gasteiger partial charge on any atom is 0.227 e. The van der Waals surface area contributed by atoms with E-state index in [1.807, 2.05) is 16.8 Å². The molecule has 2 aromatic heterocycles. The van der Waals surface area contributed by atoms with E-state index in [1.165, 1.54) is 25.7 Å². The molecule has 2 fully saturated rings. The average Bonchev–Trinajstić information content (AvgIpc) is 3.51. The fraction of sp³-hybridized carbons (Fsp3) is 0.682. The van der Waals surface area contributed by atoms with Crippen LogP contribution < -0.4 is 5.32 Å². The van der Waals surface area contributed by atoms with Crippen molar-refractivity contribution >= 4 is 17.2 Å². The van der Waals surface area contributed by atoms with Crippen molar-refractivity contribution in [2.75, 3.05) is 19.8 Å². The summed E-state index contributed by atoms with van der Waals surface area (Å²) >= 11 is 1.59. The first-order valence-electron chi connectivity index (χ1n) is 11.1. The van der Waals surface area contributed by atoms with E-state index in [2.05, 4.69) is 15.5 Å². The molecule has 8 heteroatoms. The second-order valence-electron chi connectivity index (χ2n) is 8.33. The first kappa shape index (κ1) is 21.5. The van der Waals surface area contributed by atoms with Crippen molar-refractivity contribution in [3.63, 3.8) is 0 Å². The Morgan fingerprint density at radius 1 is 1.20 bits per heavy atom. The average molecular weight is 434 g/mol. The minimum Gasteiger partial charge on any atom is -0.356 e. The van der Waals surface area contributed by atoms with Crippen molar-refractivity contribution in [1.82, 2.24) is 15.5 Å². The molecule has 0 bridgehead atoms. The lowest BCUT2D eigenvalue weighted by Gasteiger charge is -2.37. The molecular formula is C22H31N3O4S. The molecule has 0 atom stereocenters. The minimum atomic E-state index is -0.0683. The maximum atomic E-state index is 12.2. The van der Waals surface area contributed by atoms with Crippen LogP contribution in [-0.4, -0.2) is 42.1 Å². The molecule has 2 aliphatic rings. The Morgan fingerprint density at radius 3 is 2.73 bits per heavy atom. The van der Waals surface area contributed by atoms with Gasteiger partial charge in [-0.25, -0.2) is 0 Å². The highest BCUT2D eigenvalue weighted by Gasteiger charge is 2.42. The highest BCUT2D eigenvalue weighted by atomic mass is 32.1. The van der Waals surface area contributed by atoms with E-state index in [9.17, 15) is 4.79 Å². The smallest absolute Gasteiger partial charge is 0.227 e. The third kappa shape index (κ3) is 5.47. The maximum absolute atomic E-state index is 12.2. The number of carbonyl (C=O) groups is 1. The van der Waals surface area contributed by atoms with Gasteiger partial charge in [0.2, 0.25) is 17.6 Å². The molecule has 1 aliphatic heterocycles. The normalized spacial score (nSPS) is 19.6. The zero-order valence-corrected chi connectivity index (χ0v) is 18.3. The van der Waals surface area contributed by atoms with Crippen LogP contribution in [0.4, 0.5) is 0 Å². The number of hydrogen-bond acceptors (Lipinski definition) is 7. The van der Waals surface area contributed by atoms with Gasteiger partial charge in [-0.05, 0) is 37.1 Å². The number of hydrogen-bond donors (Lipinski definition) is 1. The lowest BCUT2D eigenvalue weighted by molar-refractivity contribution is -0.143. The summed E-state index contributed by atoms with van der Waals surface area (Å²) in [5.41, 5.74) is 1.06. The van der Waals surface area contributed by atoms with Crippen molar-refractivity contribution < 1.29 is 18.8 Å². The Hall–Kier alpha value is -1.77. The van der Waals surface area contributed by atoms with Crippen molar-refractivity contribution in [2.24, 2.45) is 5.41 Å². The van der Waals surface area contributed by atoms with Crippen LogP contribution in [0.3, 0.4) is 0 Å². The van der Waals surface area contributed by atoms with Crippen LogP contribution in [0, 0.1) is 5.41 Å². The molecule has 1 N–H and O–H groups in total. The van der Waals surface area contributed by atoms with Crippen LogP contribution in [0.5, 0.6) is 0 Å². The second-order valence-corrected chi connectivity index (χ2v) is 9.11. The van der Waals surface area contributed by atoms with Crippen molar-refractivity contribution in [1.29, 1.82) is 0 Å². The Bertz CT molecular complexity index is 778. The van der Waals surface area contributed by atoms with E-state index >= 15 is 0 Å². The molecule has 3 heterocycles. The summed E-state index contributed by atoms with van der Waals surface area (Å²) in [5.74, 6) is 1.10. The number of aromatic nitrogens is 2. The molecule has 1 aliphatic carbocycles. The van der Waals surface area contributed by atoms with E-state index in [4.69, 9.17) is 14.0 Å². The fourth-order valence-electron chi connectivity index (χ4n) is 4.59. The molecule has 4 rings (SSSR count). The van der Waals surface area contributed by atoms with Gasteiger partial charge in [0.25, 0.3) is 0 Å². The molecule has 2 aromatic rings. The summed E-state index contributed by atoms with van der Waals surface area (Å²) in [6, 6.07) is 1.95. The van der Waals surface area contributed by atoms with Gasteiger partial charge in [0.15, 0.2) is 6.29 Å². The van der Waals surface area contributed by atoms with E-state index < -0.39 is 0 Å². The quantitative estimate of drug-likeness (QED) is 0.468. The van der Waals surface area contributed by atoms with E-state index in [0.717, 1.165) is 31.2 Å². The highest BCUT2D eigenvalue weighted by Crippen LogP contribution is 2.44. The van der Waals surface area contributed by atoms with Crippen LogP contribution in [0.15, 0.2) is 21.3 Å². The Labute approximate surface area is 181 Å². The molecule has 0 radical (unpaired) electrons. The molecular weight excluding hydrogens is 402 g/mol. The number of aryl methyl sites for hydroxylation is 1. The molecule has 0 spiro atoms. The standard InChI is InChI=1S/C22H31N3O4S/c26-18(6-7-19-24-20(25-29-19)17-8-15-30-16-17)23-12-5-11-22(21-27-13-14-28-21)9-3-1-2-4-10-22/h8,15-16,21H,1-7,9-14H2,(H,23,26). The fourth-order valence-corrected chi connectivity index (χ4v) is 5.23. The number of nitrogens with one attached hydrogen (secondary N) is 1. The van der Waals surface area contributed by atoms with Gasteiger partial charge in [-0.3, -0.25) is 4.79 Å². The number of rotatable bonds is 9. The zero-order valence-electron chi connectivity index (χ0n) is 17.4. The van der Waals surface area contributed by atoms with E-state index in [1.54, 1.807) is 11.3 Å². The topological polar surface area (TPSA) is 86.5 Å². The molecule has 164 valence electrons. The molecule has 1 saturated carbocycles. The number of ether oxygens (including phenoxy) is 2. The SMILES string of the molecule is O=C(CCc1nc(-c2ccsc2)no1)NCCCC1(C2OCCO2)CCCCCC1. The van der Waals surface area contributed by atoms with Crippen LogP contribution in [0.1, 0.15) is 63.7 Å². The van der Waals surface area contributed by atoms with Crippen LogP contribution in [0.25, 0.3) is 11.4 Å².